The fourth-order valence-corrected chi connectivity index (χ4v) is 3.98. The Labute approximate surface area is 99.5 Å². The third-order valence-electron chi connectivity index (χ3n) is 3.21. The summed E-state index contributed by atoms with van der Waals surface area (Å²) < 4.78 is 0. The second kappa shape index (κ2) is 5.35. The molecule has 0 radical (unpaired) electrons. The van der Waals surface area contributed by atoms with Crippen LogP contribution in [-0.4, -0.2) is 40.5 Å². The Morgan fingerprint density at radius 2 is 2.25 bits per heavy atom. The highest BCUT2D eigenvalue weighted by atomic mass is 32.2. The van der Waals surface area contributed by atoms with Crippen molar-refractivity contribution in [3.8, 4) is 0 Å². The normalized spacial score (nSPS) is 37.6. The highest BCUT2D eigenvalue weighted by molar-refractivity contribution is 8.00. The van der Waals surface area contributed by atoms with Crippen LogP contribution in [0.25, 0.3) is 0 Å². The Bertz CT molecular complexity index is 264. The smallest absolute Gasteiger partial charge is 0.217 e. The maximum absolute atomic E-state index is 10.6. The monoisotopic (exact) mass is 245 g/mol. The Balaban J connectivity index is 1.68. The molecule has 4 atom stereocenters. The zero-order valence-corrected chi connectivity index (χ0v) is 10.0. The predicted molar refractivity (Wildman–Crippen MR) is 63.8 cm³/mol. The van der Waals surface area contributed by atoms with Gasteiger partial charge in [-0.2, -0.15) is 11.8 Å². The number of nitrogens with one attached hydrogen (secondary N) is 2. The summed E-state index contributed by atoms with van der Waals surface area (Å²) in [7, 11) is 0. The van der Waals surface area contributed by atoms with Gasteiger partial charge in [0.25, 0.3) is 0 Å². The van der Waals surface area contributed by atoms with Crippen LogP contribution in [0.3, 0.4) is 0 Å². The van der Waals surface area contributed by atoms with Gasteiger partial charge in [-0.15, -0.1) is 0 Å². The first-order valence-corrected chi connectivity index (χ1v) is 6.82. The van der Waals surface area contributed by atoms with Crippen LogP contribution < -0.4 is 16.4 Å². The fraction of sp³-hybridized carbons (Fsp3) is 0.900. The highest BCUT2D eigenvalue weighted by Gasteiger charge is 2.42. The number of nitrogens with two attached hydrogens (primary N) is 1. The minimum Gasteiger partial charge on any atom is -0.370 e. The van der Waals surface area contributed by atoms with Gasteiger partial charge in [0.15, 0.2) is 6.35 Å². The van der Waals surface area contributed by atoms with Crippen molar-refractivity contribution in [2.75, 3.05) is 5.75 Å². The van der Waals surface area contributed by atoms with Crippen molar-refractivity contribution in [3.05, 3.63) is 0 Å². The van der Waals surface area contributed by atoms with E-state index in [-0.39, 0.29) is 5.91 Å². The summed E-state index contributed by atoms with van der Waals surface area (Å²) in [6.45, 7) is 0. The molecule has 2 rings (SSSR count). The van der Waals surface area contributed by atoms with Gasteiger partial charge in [-0.05, 0) is 12.8 Å². The molecular weight excluding hydrogens is 226 g/mol. The summed E-state index contributed by atoms with van der Waals surface area (Å²) in [6, 6.07) is 0.759. The molecule has 5 nitrogen and oxygen atoms in total. The third-order valence-corrected chi connectivity index (χ3v) is 4.72. The Kier molecular flexibility index (Phi) is 4.07. The van der Waals surface area contributed by atoms with Gasteiger partial charge < -0.3 is 10.8 Å². The summed E-state index contributed by atoms with van der Waals surface area (Å²) in [6.07, 6.45) is 2.92. The zero-order valence-electron chi connectivity index (χ0n) is 9.19. The lowest BCUT2D eigenvalue weighted by Crippen LogP contribution is -2.37. The second-order valence-electron chi connectivity index (χ2n) is 4.45. The summed E-state index contributed by atoms with van der Waals surface area (Å²) in [4.78, 5) is 10.6. The Morgan fingerprint density at radius 3 is 3.00 bits per heavy atom. The average molecular weight is 245 g/mol. The minimum atomic E-state index is -0.552. The molecule has 1 amide bonds. The van der Waals surface area contributed by atoms with Crippen LogP contribution >= 0.6 is 11.8 Å². The Morgan fingerprint density at radius 1 is 1.44 bits per heavy atom. The number of hydrogen-bond acceptors (Lipinski definition) is 5. The van der Waals surface area contributed by atoms with Gasteiger partial charge in [0.2, 0.25) is 5.91 Å². The molecule has 2 heterocycles. The minimum absolute atomic E-state index is 0.215. The molecule has 16 heavy (non-hydrogen) atoms. The standard InChI is InChI=1S/C10H19N3O2S/c11-8(14)4-2-1-3-7-9-6(5-16-7)12-10(15)13-9/h6-7,9-10,12-13,15H,1-5H2,(H2,11,14)/t6-,7-,9-,10?/m0/s1. The maximum Gasteiger partial charge on any atom is 0.217 e. The van der Waals surface area contributed by atoms with Crippen LogP contribution in [0, 0.1) is 0 Å². The van der Waals surface area contributed by atoms with Crippen molar-refractivity contribution in [1.29, 1.82) is 0 Å². The topological polar surface area (TPSA) is 87.4 Å². The van der Waals surface area contributed by atoms with E-state index >= 15 is 0 Å². The zero-order chi connectivity index (χ0) is 11.5. The molecule has 92 valence electrons. The van der Waals surface area contributed by atoms with Crippen LogP contribution in [0.15, 0.2) is 0 Å². The number of thioether (sulfide) groups is 1. The van der Waals surface area contributed by atoms with E-state index in [1.165, 1.54) is 0 Å². The molecule has 2 aliphatic rings. The van der Waals surface area contributed by atoms with Gasteiger partial charge in [0.05, 0.1) is 0 Å². The van der Waals surface area contributed by atoms with E-state index in [1.807, 2.05) is 11.8 Å². The van der Waals surface area contributed by atoms with Gasteiger partial charge in [-0.1, -0.05) is 6.42 Å². The quantitative estimate of drug-likeness (QED) is 0.484. The molecule has 0 saturated carbocycles. The largest absolute Gasteiger partial charge is 0.370 e. The molecule has 5 N–H and O–H groups in total. The number of primary amides is 1. The lowest BCUT2D eigenvalue weighted by molar-refractivity contribution is -0.118. The number of unbranched alkanes of at least 4 members (excludes halogenated alkanes) is 1. The number of rotatable bonds is 5. The van der Waals surface area contributed by atoms with Gasteiger partial charge in [-0.3, -0.25) is 15.4 Å². The number of amides is 1. The molecule has 0 aromatic carbocycles. The predicted octanol–water partition coefficient (Wildman–Crippen LogP) is -0.647. The first kappa shape index (κ1) is 12.2. The van der Waals surface area contributed by atoms with Crippen molar-refractivity contribution in [3.63, 3.8) is 0 Å². The summed E-state index contributed by atoms with van der Waals surface area (Å²) in [5.41, 5.74) is 5.09. The van der Waals surface area contributed by atoms with Crippen LogP contribution in [-0.2, 0) is 4.79 Å². The van der Waals surface area contributed by atoms with Gasteiger partial charge >= 0.3 is 0 Å². The molecule has 2 fully saturated rings. The van der Waals surface area contributed by atoms with E-state index in [2.05, 4.69) is 10.6 Å². The second-order valence-corrected chi connectivity index (χ2v) is 5.72. The van der Waals surface area contributed by atoms with Gasteiger partial charge in [0.1, 0.15) is 0 Å². The molecule has 0 spiro atoms. The average Bonchev–Trinajstić information content (AvgIpc) is 2.72. The van der Waals surface area contributed by atoms with Crippen LogP contribution in [0.4, 0.5) is 0 Å². The molecule has 1 unspecified atom stereocenters. The highest BCUT2D eigenvalue weighted by Crippen LogP contribution is 2.33. The summed E-state index contributed by atoms with van der Waals surface area (Å²) in [5, 5.41) is 16.2. The van der Waals surface area contributed by atoms with Crippen LogP contribution in [0.5, 0.6) is 0 Å². The van der Waals surface area contributed by atoms with E-state index in [4.69, 9.17) is 5.73 Å². The number of hydrogen-bond donors (Lipinski definition) is 4. The number of fused-ring (bicyclic) bond motifs is 1. The lowest BCUT2D eigenvalue weighted by Gasteiger charge is -2.17. The van der Waals surface area contributed by atoms with Crippen molar-refractivity contribution < 1.29 is 9.90 Å². The van der Waals surface area contributed by atoms with E-state index < -0.39 is 6.35 Å². The molecule has 6 heteroatoms. The van der Waals surface area contributed by atoms with Crippen LogP contribution in [0.2, 0.25) is 0 Å². The van der Waals surface area contributed by atoms with E-state index in [1.54, 1.807) is 0 Å². The number of aliphatic hydroxyl groups excluding tert-OH is 1. The maximum atomic E-state index is 10.6. The van der Waals surface area contributed by atoms with Gasteiger partial charge in [0, 0.05) is 29.5 Å². The Hall–Kier alpha value is -0.300. The SMILES string of the molecule is NC(=O)CCCC[C@@H]1SC[C@@H]2NC(O)N[C@@H]21. The van der Waals surface area contributed by atoms with E-state index in [0.717, 1.165) is 25.0 Å². The number of carbonyl (C=O) groups excluding carboxylic acids is 1. The molecule has 2 saturated heterocycles. The molecular formula is C10H19N3O2S. The molecule has 0 aliphatic carbocycles. The number of aliphatic hydroxyl groups is 1. The molecule has 0 aromatic heterocycles. The van der Waals surface area contributed by atoms with E-state index in [0.29, 0.717) is 23.8 Å². The molecule has 2 aliphatic heterocycles. The first-order chi connectivity index (χ1) is 7.66. The van der Waals surface area contributed by atoms with Crippen LogP contribution in [0.1, 0.15) is 25.7 Å². The first-order valence-electron chi connectivity index (χ1n) is 5.77. The third kappa shape index (κ3) is 2.88. The van der Waals surface area contributed by atoms with Crippen molar-refractivity contribution >= 4 is 17.7 Å². The van der Waals surface area contributed by atoms with Gasteiger partial charge in [-0.25, -0.2) is 0 Å². The summed E-state index contributed by atoms with van der Waals surface area (Å²) in [5.74, 6) is 0.836. The fourth-order valence-electron chi connectivity index (χ4n) is 2.41. The lowest BCUT2D eigenvalue weighted by atomic mass is 10.0. The van der Waals surface area contributed by atoms with Crippen molar-refractivity contribution in [1.82, 2.24) is 10.6 Å². The van der Waals surface area contributed by atoms with Crippen molar-refractivity contribution in [2.45, 2.75) is 49.4 Å². The van der Waals surface area contributed by atoms with E-state index in [9.17, 15) is 9.90 Å². The molecule has 0 aromatic rings. The molecule has 0 bridgehead atoms. The summed E-state index contributed by atoms with van der Waals surface area (Å²) >= 11 is 1.94. The number of carbonyl (C=O) groups is 1. The van der Waals surface area contributed by atoms with Crippen molar-refractivity contribution in [2.24, 2.45) is 5.73 Å².